The van der Waals surface area contributed by atoms with Crippen molar-refractivity contribution in [2.24, 2.45) is 11.3 Å². The second kappa shape index (κ2) is 5.50. The highest BCUT2D eigenvalue weighted by atomic mass is 16.3. The molecule has 1 saturated carbocycles. The van der Waals surface area contributed by atoms with Gasteiger partial charge in [0.25, 0.3) is 0 Å². The van der Waals surface area contributed by atoms with Crippen LogP contribution in [-0.2, 0) is 0 Å². The Morgan fingerprint density at radius 1 is 1.17 bits per heavy atom. The molecule has 18 heavy (non-hydrogen) atoms. The minimum atomic E-state index is -0.0873. The second-order valence-electron chi connectivity index (χ2n) is 7.45. The minimum absolute atomic E-state index is 0.0873. The van der Waals surface area contributed by atoms with Crippen LogP contribution in [0.3, 0.4) is 0 Å². The fraction of sp³-hybridized carbons (Fsp3) is 1.00. The molecule has 0 spiro atoms. The molecule has 1 saturated heterocycles. The Hall–Kier alpha value is -0.0800. The van der Waals surface area contributed by atoms with Gasteiger partial charge in [-0.05, 0) is 56.4 Å². The molecule has 0 bridgehead atoms. The van der Waals surface area contributed by atoms with E-state index in [0.29, 0.717) is 11.5 Å². The van der Waals surface area contributed by atoms with E-state index in [-0.39, 0.29) is 6.10 Å². The summed E-state index contributed by atoms with van der Waals surface area (Å²) in [4.78, 5) is 2.63. The van der Waals surface area contributed by atoms with Crippen LogP contribution >= 0.6 is 0 Å². The second-order valence-corrected chi connectivity index (χ2v) is 7.45. The summed E-state index contributed by atoms with van der Waals surface area (Å²) in [5.74, 6) is 0.768. The van der Waals surface area contributed by atoms with Crippen LogP contribution in [0.1, 0.15) is 66.2 Å². The zero-order chi connectivity index (χ0) is 13.3. The van der Waals surface area contributed by atoms with Crippen molar-refractivity contribution in [3.8, 4) is 0 Å². The Kier molecular flexibility index (Phi) is 4.38. The van der Waals surface area contributed by atoms with Crippen LogP contribution in [0.25, 0.3) is 0 Å². The quantitative estimate of drug-likeness (QED) is 0.815. The normalized spacial score (nSPS) is 39.2. The molecule has 4 unspecified atom stereocenters. The maximum absolute atomic E-state index is 10.4. The molecular formula is C16H31NO. The molecule has 1 N–H and O–H groups in total. The third kappa shape index (κ3) is 2.91. The van der Waals surface area contributed by atoms with Crippen molar-refractivity contribution in [2.75, 3.05) is 6.54 Å². The molecule has 2 rings (SSSR count). The van der Waals surface area contributed by atoms with E-state index in [1.54, 1.807) is 0 Å². The van der Waals surface area contributed by atoms with Gasteiger partial charge >= 0.3 is 0 Å². The van der Waals surface area contributed by atoms with Crippen LogP contribution < -0.4 is 0 Å². The fourth-order valence-electron chi connectivity index (χ4n) is 4.01. The summed E-state index contributed by atoms with van der Waals surface area (Å²) >= 11 is 0. The summed E-state index contributed by atoms with van der Waals surface area (Å²) in [5.41, 5.74) is 0.389. The number of rotatable bonds is 2. The Morgan fingerprint density at radius 3 is 2.50 bits per heavy atom. The van der Waals surface area contributed by atoms with Gasteiger partial charge in [-0.3, -0.25) is 4.90 Å². The van der Waals surface area contributed by atoms with Crippen molar-refractivity contribution >= 4 is 0 Å². The van der Waals surface area contributed by atoms with Crippen molar-refractivity contribution in [3.63, 3.8) is 0 Å². The van der Waals surface area contributed by atoms with Gasteiger partial charge in [-0.1, -0.05) is 27.7 Å². The van der Waals surface area contributed by atoms with E-state index >= 15 is 0 Å². The van der Waals surface area contributed by atoms with Crippen molar-refractivity contribution in [3.05, 3.63) is 0 Å². The van der Waals surface area contributed by atoms with Gasteiger partial charge < -0.3 is 5.11 Å². The summed E-state index contributed by atoms with van der Waals surface area (Å²) in [7, 11) is 0. The molecule has 0 aromatic rings. The summed E-state index contributed by atoms with van der Waals surface area (Å²) < 4.78 is 0. The first-order valence-electron chi connectivity index (χ1n) is 7.87. The average Bonchev–Trinajstić information content (AvgIpc) is 2.76. The highest BCUT2D eigenvalue weighted by Crippen LogP contribution is 2.41. The predicted octanol–water partition coefficient (Wildman–Crippen LogP) is 3.44. The highest BCUT2D eigenvalue weighted by Gasteiger charge is 2.40. The molecule has 2 fully saturated rings. The summed E-state index contributed by atoms with van der Waals surface area (Å²) in [6.07, 6.45) is 7.20. The molecule has 2 nitrogen and oxygen atoms in total. The number of hydrogen-bond donors (Lipinski definition) is 1. The molecule has 1 heterocycles. The van der Waals surface area contributed by atoms with Crippen LogP contribution in [-0.4, -0.2) is 34.7 Å². The van der Waals surface area contributed by atoms with Crippen molar-refractivity contribution < 1.29 is 5.11 Å². The number of aliphatic hydroxyl groups is 1. The first kappa shape index (κ1) is 14.3. The van der Waals surface area contributed by atoms with Crippen molar-refractivity contribution in [1.29, 1.82) is 0 Å². The number of likely N-dealkylation sites (tertiary alicyclic amines) is 1. The third-order valence-electron chi connectivity index (χ3n) is 5.33. The van der Waals surface area contributed by atoms with Crippen LogP contribution in [0.15, 0.2) is 0 Å². The van der Waals surface area contributed by atoms with Gasteiger partial charge in [0.15, 0.2) is 0 Å². The van der Waals surface area contributed by atoms with Crippen molar-refractivity contribution in [2.45, 2.75) is 84.4 Å². The number of aliphatic hydroxyl groups excluding tert-OH is 1. The predicted molar refractivity (Wildman–Crippen MR) is 76.6 cm³/mol. The first-order chi connectivity index (χ1) is 8.43. The van der Waals surface area contributed by atoms with Crippen LogP contribution in [0.2, 0.25) is 0 Å². The van der Waals surface area contributed by atoms with E-state index in [1.807, 2.05) is 0 Å². The maximum atomic E-state index is 10.4. The highest BCUT2D eigenvalue weighted by molar-refractivity contribution is 4.94. The molecule has 0 aromatic heterocycles. The van der Waals surface area contributed by atoms with Gasteiger partial charge in [0.05, 0.1) is 6.10 Å². The van der Waals surface area contributed by atoms with Gasteiger partial charge in [0, 0.05) is 12.1 Å². The van der Waals surface area contributed by atoms with Gasteiger partial charge in [0.2, 0.25) is 0 Å². The zero-order valence-corrected chi connectivity index (χ0v) is 12.7. The van der Waals surface area contributed by atoms with E-state index in [0.717, 1.165) is 18.4 Å². The summed E-state index contributed by atoms with van der Waals surface area (Å²) in [6, 6.07) is 1.15. The molecule has 0 aromatic carbocycles. The van der Waals surface area contributed by atoms with Gasteiger partial charge in [-0.15, -0.1) is 0 Å². The fourth-order valence-corrected chi connectivity index (χ4v) is 4.01. The smallest absolute Gasteiger partial charge is 0.0695 e. The average molecular weight is 253 g/mol. The monoisotopic (exact) mass is 253 g/mol. The van der Waals surface area contributed by atoms with Gasteiger partial charge in [-0.2, -0.15) is 0 Å². The topological polar surface area (TPSA) is 23.5 Å². The van der Waals surface area contributed by atoms with E-state index in [1.165, 1.54) is 38.6 Å². The van der Waals surface area contributed by atoms with Crippen molar-refractivity contribution in [1.82, 2.24) is 4.90 Å². The minimum Gasteiger partial charge on any atom is -0.391 e. The van der Waals surface area contributed by atoms with E-state index in [2.05, 4.69) is 32.6 Å². The molecular weight excluding hydrogens is 222 g/mol. The molecule has 4 atom stereocenters. The summed E-state index contributed by atoms with van der Waals surface area (Å²) in [6.45, 7) is 10.6. The Morgan fingerprint density at radius 2 is 1.89 bits per heavy atom. The Bertz CT molecular complexity index is 271. The lowest BCUT2D eigenvalue weighted by Gasteiger charge is -2.45. The van der Waals surface area contributed by atoms with E-state index in [9.17, 15) is 5.11 Å². The lowest BCUT2D eigenvalue weighted by atomic mass is 9.70. The standard InChI is InChI=1S/C16H31NO/c1-5-13-7-6-10-17(13)14-11-12(16(2,3)4)8-9-15(14)18/h12-15,18H,5-11H2,1-4H3. The third-order valence-corrected chi connectivity index (χ3v) is 5.33. The largest absolute Gasteiger partial charge is 0.391 e. The molecule has 0 radical (unpaired) electrons. The lowest BCUT2D eigenvalue weighted by Crippen LogP contribution is -2.50. The summed E-state index contributed by atoms with van der Waals surface area (Å²) in [5, 5.41) is 10.4. The van der Waals surface area contributed by atoms with E-state index < -0.39 is 0 Å². The molecule has 106 valence electrons. The molecule has 1 aliphatic heterocycles. The van der Waals surface area contributed by atoms with Crippen LogP contribution in [0.4, 0.5) is 0 Å². The molecule has 2 aliphatic rings. The Labute approximate surface area is 113 Å². The zero-order valence-electron chi connectivity index (χ0n) is 12.7. The Balaban J connectivity index is 2.05. The van der Waals surface area contributed by atoms with Crippen LogP contribution in [0, 0.1) is 11.3 Å². The SMILES string of the molecule is CCC1CCCN1C1CC(C(C)(C)C)CCC1O. The number of hydrogen-bond acceptors (Lipinski definition) is 2. The first-order valence-corrected chi connectivity index (χ1v) is 7.87. The molecule has 0 amide bonds. The lowest BCUT2D eigenvalue weighted by molar-refractivity contribution is -0.0223. The number of nitrogens with zero attached hydrogens (tertiary/aromatic N) is 1. The molecule has 1 aliphatic carbocycles. The van der Waals surface area contributed by atoms with Crippen LogP contribution in [0.5, 0.6) is 0 Å². The molecule has 2 heteroatoms. The van der Waals surface area contributed by atoms with Gasteiger partial charge in [0.1, 0.15) is 0 Å². The van der Waals surface area contributed by atoms with Gasteiger partial charge in [-0.25, -0.2) is 0 Å². The van der Waals surface area contributed by atoms with E-state index in [4.69, 9.17) is 0 Å². The maximum Gasteiger partial charge on any atom is 0.0695 e.